The minimum Gasteiger partial charge on any atom is -0.497 e. The molecule has 0 saturated carbocycles. The van der Waals surface area contributed by atoms with Gasteiger partial charge in [-0.05, 0) is 35.9 Å². The third kappa shape index (κ3) is 3.41. The molecule has 4 heteroatoms. The Labute approximate surface area is 122 Å². The van der Waals surface area contributed by atoms with E-state index in [1.807, 2.05) is 37.4 Å². The van der Waals surface area contributed by atoms with E-state index >= 15 is 0 Å². The van der Waals surface area contributed by atoms with Crippen LogP contribution >= 0.6 is 15.9 Å². The van der Waals surface area contributed by atoms with Crippen LogP contribution in [0.25, 0.3) is 0 Å². The molecule has 2 rings (SSSR count). The van der Waals surface area contributed by atoms with Crippen molar-refractivity contribution in [1.82, 2.24) is 0 Å². The number of benzene rings is 2. The average Bonchev–Trinajstić information content (AvgIpc) is 2.42. The molecule has 0 saturated heterocycles. The molecule has 0 aliphatic heterocycles. The molecule has 2 N–H and O–H groups in total. The molecule has 100 valence electrons. The van der Waals surface area contributed by atoms with Gasteiger partial charge in [0.2, 0.25) is 0 Å². The summed E-state index contributed by atoms with van der Waals surface area (Å²) in [5, 5.41) is 0. The first-order valence-electron chi connectivity index (χ1n) is 5.99. The van der Waals surface area contributed by atoms with Gasteiger partial charge in [-0.15, -0.1) is 0 Å². The van der Waals surface area contributed by atoms with Crippen LogP contribution < -0.4 is 15.4 Å². The Bertz CT molecular complexity index is 555. The number of halogens is 1. The summed E-state index contributed by atoms with van der Waals surface area (Å²) in [5.74, 6) is 0.869. The first-order chi connectivity index (χ1) is 9.10. The lowest BCUT2D eigenvalue weighted by Gasteiger charge is -2.21. The number of ether oxygens (including phenoxy) is 1. The molecule has 0 aliphatic carbocycles. The van der Waals surface area contributed by atoms with Crippen LogP contribution in [0, 0.1) is 0 Å². The molecule has 3 nitrogen and oxygen atoms in total. The summed E-state index contributed by atoms with van der Waals surface area (Å²) >= 11 is 3.47. The molecular formula is C15H17BrN2O. The standard InChI is InChI=1S/C15H17BrN2O/c1-18(15-9-12(16)5-8-14(15)17)10-11-3-6-13(19-2)7-4-11/h3-9H,10,17H2,1-2H3. The second kappa shape index (κ2) is 5.97. The van der Waals surface area contributed by atoms with Crippen LogP contribution in [0.1, 0.15) is 5.56 Å². The fourth-order valence-corrected chi connectivity index (χ4v) is 2.29. The topological polar surface area (TPSA) is 38.5 Å². The van der Waals surface area contributed by atoms with E-state index in [1.54, 1.807) is 7.11 Å². The quantitative estimate of drug-likeness (QED) is 0.873. The average molecular weight is 321 g/mol. The van der Waals surface area contributed by atoms with E-state index in [0.29, 0.717) is 0 Å². The van der Waals surface area contributed by atoms with Gasteiger partial charge in [0, 0.05) is 18.1 Å². The van der Waals surface area contributed by atoms with Gasteiger partial charge in [0.1, 0.15) is 5.75 Å². The number of nitrogens with two attached hydrogens (primary N) is 1. The molecule has 0 unspecified atom stereocenters. The Morgan fingerprint density at radius 1 is 1.16 bits per heavy atom. The molecule has 0 spiro atoms. The third-order valence-corrected chi connectivity index (χ3v) is 3.48. The molecule has 0 fully saturated rings. The highest BCUT2D eigenvalue weighted by Gasteiger charge is 2.07. The van der Waals surface area contributed by atoms with E-state index in [0.717, 1.165) is 28.1 Å². The maximum absolute atomic E-state index is 6.01. The van der Waals surface area contributed by atoms with Crippen molar-refractivity contribution in [1.29, 1.82) is 0 Å². The maximum Gasteiger partial charge on any atom is 0.118 e. The molecule has 0 amide bonds. The van der Waals surface area contributed by atoms with Crippen LogP contribution in [0.3, 0.4) is 0 Å². The van der Waals surface area contributed by atoms with Crippen molar-refractivity contribution < 1.29 is 4.74 Å². The van der Waals surface area contributed by atoms with Crippen molar-refractivity contribution in [3.05, 3.63) is 52.5 Å². The zero-order valence-corrected chi connectivity index (χ0v) is 12.6. The van der Waals surface area contributed by atoms with E-state index in [1.165, 1.54) is 5.56 Å². The smallest absolute Gasteiger partial charge is 0.118 e. The van der Waals surface area contributed by atoms with Crippen LogP contribution in [0.5, 0.6) is 5.75 Å². The van der Waals surface area contributed by atoms with E-state index < -0.39 is 0 Å². The predicted molar refractivity (Wildman–Crippen MR) is 83.7 cm³/mol. The molecular weight excluding hydrogens is 304 g/mol. The van der Waals surface area contributed by atoms with Crippen LogP contribution in [0.2, 0.25) is 0 Å². The lowest BCUT2D eigenvalue weighted by atomic mass is 10.2. The number of hydrogen-bond donors (Lipinski definition) is 1. The molecule has 2 aromatic carbocycles. The second-order valence-corrected chi connectivity index (χ2v) is 5.32. The Kier molecular flexibility index (Phi) is 4.32. The molecule has 0 aliphatic rings. The van der Waals surface area contributed by atoms with Gasteiger partial charge < -0.3 is 15.4 Å². The fraction of sp³-hybridized carbons (Fsp3) is 0.200. The first kappa shape index (κ1) is 13.7. The van der Waals surface area contributed by atoms with Crippen LogP contribution in [0.4, 0.5) is 11.4 Å². The van der Waals surface area contributed by atoms with E-state index in [2.05, 4.69) is 33.0 Å². The zero-order valence-electron chi connectivity index (χ0n) is 11.1. The van der Waals surface area contributed by atoms with Crippen LogP contribution in [0.15, 0.2) is 46.9 Å². The van der Waals surface area contributed by atoms with Crippen molar-refractivity contribution in [3.63, 3.8) is 0 Å². The van der Waals surface area contributed by atoms with Crippen molar-refractivity contribution in [2.75, 3.05) is 24.8 Å². The first-order valence-corrected chi connectivity index (χ1v) is 6.78. The van der Waals surface area contributed by atoms with Gasteiger partial charge in [0.15, 0.2) is 0 Å². The summed E-state index contributed by atoms with van der Waals surface area (Å²) in [6, 6.07) is 13.9. The molecule has 0 atom stereocenters. The number of methoxy groups -OCH3 is 1. The summed E-state index contributed by atoms with van der Waals surface area (Å²) in [6.07, 6.45) is 0. The lowest BCUT2D eigenvalue weighted by Crippen LogP contribution is -2.17. The molecule has 0 radical (unpaired) electrons. The van der Waals surface area contributed by atoms with E-state index in [4.69, 9.17) is 10.5 Å². The molecule has 0 heterocycles. The van der Waals surface area contributed by atoms with Gasteiger partial charge in [-0.3, -0.25) is 0 Å². The van der Waals surface area contributed by atoms with Crippen molar-refractivity contribution >= 4 is 27.3 Å². The molecule has 2 aromatic rings. The van der Waals surface area contributed by atoms with Gasteiger partial charge in [0.25, 0.3) is 0 Å². The van der Waals surface area contributed by atoms with E-state index in [-0.39, 0.29) is 0 Å². The Morgan fingerprint density at radius 2 is 1.84 bits per heavy atom. The van der Waals surface area contributed by atoms with Crippen molar-refractivity contribution in [2.45, 2.75) is 6.54 Å². The minimum atomic E-state index is 0.777. The normalized spacial score (nSPS) is 10.3. The Hall–Kier alpha value is -1.68. The maximum atomic E-state index is 6.01. The van der Waals surface area contributed by atoms with Gasteiger partial charge >= 0.3 is 0 Å². The van der Waals surface area contributed by atoms with Crippen LogP contribution in [-0.2, 0) is 6.54 Å². The van der Waals surface area contributed by atoms with E-state index in [9.17, 15) is 0 Å². The van der Waals surface area contributed by atoms with Gasteiger partial charge in [-0.25, -0.2) is 0 Å². The van der Waals surface area contributed by atoms with Crippen LogP contribution in [-0.4, -0.2) is 14.2 Å². The highest BCUT2D eigenvalue weighted by Crippen LogP contribution is 2.27. The van der Waals surface area contributed by atoms with Gasteiger partial charge in [0.05, 0.1) is 18.5 Å². The Balaban J connectivity index is 2.15. The van der Waals surface area contributed by atoms with Crippen molar-refractivity contribution in [2.24, 2.45) is 0 Å². The van der Waals surface area contributed by atoms with Gasteiger partial charge in [-0.1, -0.05) is 28.1 Å². The number of nitrogen functional groups attached to an aromatic ring is 1. The lowest BCUT2D eigenvalue weighted by molar-refractivity contribution is 0.414. The SMILES string of the molecule is COc1ccc(CN(C)c2cc(Br)ccc2N)cc1. The monoisotopic (exact) mass is 320 g/mol. The summed E-state index contributed by atoms with van der Waals surface area (Å²) in [7, 11) is 3.70. The number of nitrogens with zero attached hydrogens (tertiary/aromatic N) is 1. The molecule has 0 aromatic heterocycles. The third-order valence-electron chi connectivity index (χ3n) is 2.98. The second-order valence-electron chi connectivity index (χ2n) is 4.41. The fourth-order valence-electron chi connectivity index (χ4n) is 1.94. The molecule has 19 heavy (non-hydrogen) atoms. The highest BCUT2D eigenvalue weighted by molar-refractivity contribution is 9.10. The summed E-state index contributed by atoms with van der Waals surface area (Å²) in [4.78, 5) is 2.13. The molecule has 0 bridgehead atoms. The highest BCUT2D eigenvalue weighted by atomic mass is 79.9. The summed E-state index contributed by atoms with van der Waals surface area (Å²) in [6.45, 7) is 0.796. The number of rotatable bonds is 4. The van der Waals surface area contributed by atoms with Crippen molar-refractivity contribution in [3.8, 4) is 5.75 Å². The number of hydrogen-bond acceptors (Lipinski definition) is 3. The largest absolute Gasteiger partial charge is 0.497 e. The summed E-state index contributed by atoms with van der Waals surface area (Å²) in [5.41, 5.74) is 9.01. The minimum absolute atomic E-state index is 0.777. The summed E-state index contributed by atoms with van der Waals surface area (Å²) < 4.78 is 6.18. The predicted octanol–water partition coefficient (Wildman–Crippen LogP) is 3.68. The number of anilines is 2. The Morgan fingerprint density at radius 3 is 2.47 bits per heavy atom. The zero-order chi connectivity index (χ0) is 13.8. The van der Waals surface area contributed by atoms with Gasteiger partial charge in [-0.2, -0.15) is 0 Å².